The number of aryl methyl sites for hydroxylation is 1. The second kappa shape index (κ2) is 10.3. The molecule has 10 heteroatoms. The maximum atomic E-state index is 13.0. The van der Waals surface area contributed by atoms with Crippen LogP contribution in [0.15, 0.2) is 67.0 Å². The fraction of sp³-hybridized carbons (Fsp3) is 0.120. The molecule has 0 saturated heterocycles. The van der Waals surface area contributed by atoms with Gasteiger partial charge in [-0.15, -0.1) is 0 Å². The standard InChI is InChI=1S/C25H23ClN6O3/c1-15-3-6-18(30-24(33)17-9-10-28-22(26)11-17)12-20(15)25(34)31-21-13-29-32(23(21)27)14-16-4-7-19(35-2)8-5-16/h3-13H,14,27H2,1-2H3,(H,30,33)(H,31,34). The number of carbonyl (C=O) groups excluding carboxylic acids is 2. The van der Waals surface area contributed by atoms with E-state index in [1.54, 1.807) is 43.0 Å². The number of pyridine rings is 1. The number of nitrogens with zero attached hydrogens (tertiary/aromatic N) is 3. The van der Waals surface area contributed by atoms with Crippen molar-refractivity contribution in [3.8, 4) is 5.75 Å². The Morgan fingerprint density at radius 1 is 1.06 bits per heavy atom. The highest BCUT2D eigenvalue weighted by Crippen LogP contribution is 2.23. The number of nitrogens with one attached hydrogen (secondary N) is 2. The Balaban J connectivity index is 1.47. The molecule has 0 unspecified atom stereocenters. The van der Waals surface area contributed by atoms with Crippen molar-refractivity contribution < 1.29 is 14.3 Å². The Hall–Kier alpha value is -4.37. The number of carbonyl (C=O) groups is 2. The largest absolute Gasteiger partial charge is 0.497 e. The van der Waals surface area contributed by atoms with Gasteiger partial charge in [-0.2, -0.15) is 5.10 Å². The van der Waals surface area contributed by atoms with Crippen molar-refractivity contribution in [2.45, 2.75) is 13.5 Å². The zero-order valence-corrected chi connectivity index (χ0v) is 19.8. The number of nitrogens with two attached hydrogens (primary N) is 1. The van der Waals surface area contributed by atoms with E-state index in [0.29, 0.717) is 34.9 Å². The maximum Gasteiger partial charge on any atom is 0.256 e. The predicted molar refractivity (Wildman–Crippen MR) is 135 cm³/mol. The molecule has 4 N–H and O–H groups in total. The van der Waals surface area contributed by atoms with E-state index in [0.717, 1.165) is 16.9 Å². The van der Waals surface area contributed by atoms with Crippen LogP contribution in [0.4, 0.5) is 17.2 Å². The fourth-order valence-electron chi connectivity index (χ4n) is 3.40. The number of hydrogen-bond acceptors (Lipinski definition) is 6. The van der Waals surface area contributed by atoms with E-state index in [9.17, 15) is 9.59 Å². The van der Waals surface area contributed by atoms with Crippen LogP contribution < -0.4 is 21.1 Å². The molecular weight excluding hydrogens is 468 g/mol. The number of ether oxygens (including phenoxy) is 1. The van der Waals surface area contributed by atoms with Gasteiger partial charge >= 0.3 is 0 Å². The summed E-state index contributed by atoms with van der Waals surface area (Å²) in [4.78, 5) is 29.4. The fourth-order valence-corrected chi connectivity index (χ4v) is 3.58. The molecule has 0 fully saturated rings. The van der Waals surface area contributed by atoms with Gasteiger partial charge in [0.25, 0.3) is 11.8 Å². The van der Waals surface area contributed by atoms with E-state index in [4.69, 9.17) is 22.1 Å². The number of halogens is 1. The molecule has 4 aromatic rings. The number of nitrogen functional groups attached to an aromatic ring is 1. The van der Waals surface area contributed by atoms with Crippen molar-refractivity contribution in [1.29, 1.82) is 0 Å². The van der Waals surface area contributed by atoms with Crippen molar-refractivity contribution >= 4 is 40.6 Å². The van der Waals surface area contributed by atoms with Gasteiger partial charge in [0.2, 0.25) is 0 Å². The van der Waals surface area contributed by atoms with Gasteiger partial charge in [-0.3, -0.25) is 9.59 Å². The molecule has 35 heavy (non-hydrogen) atoms. The van der Waals surface area contributed by atoms with Crippen molar-refractivity contribution in [3.05, 3.63) is 94.4 Å². The smallest absolute Gasteiger partial charge is 0.256 e. The molecular formula is C25H23ClN6O3. The van der Waals surface area contributed by atoms with Crippen molar-refractivity contribution in [2.24, 2.45) is 0 Å². The van der Waals surface area contributed by atoms with Gasteiger partial charge in [-0.25, -0.2) is 9.67 Å². The zero-order valence-electron chi connectivity index (χ0n) is 19.1. The lowest BCUT2D eigenvalue weighted by molar-refractivity contribution is 0.101. The highest BCUT2D eigenvalue weighted by molar-refractivity contribution is 6.29. The zero-order chi connectivity index (χ0) is 24.9. The summed E-state index contributed by atoms with van der Waals surface area (Å²) >= 11 is 5.86. The molecule has 0 aliphatic heterocycles. The number of benzene rings is 2. The molecule has 0 aliphatic carbocycles. The Morgan fingerprint density at radius 3 is 2.54 bits per heavy atom. The molecule has 2 heterocycles. The van der Waals surface area contributed by atoms with Gasteiger partial charge in [0.15, 0.2) is 0 Å². The number of methoxy groups -OCH3 is 1. The summed E-state index contributed by atoms with van der Waals surface area (Å²) in [5, 5.41) is 10.1. The summed E-state index contributed by atoms with van der Waals surface area (Å²) in [6.45, 7) is 2.24. The Kier molecular flexibility index (Phi) is 6.98. The lowest BCUT2D eigenvalue weighted by Crippen LogP contribution is -2.16. The van der Waals surface area contributed by atoms with Gasteiger partial charge in [0.05, 0.1) is 19.9 Å². The second-order valence-electron chi connectivity index (χ2n) is 7.75. The lowest BCUT2D eigenvalue weighted by Gasteiger charge is -2.11. The number of amides is 2. The summed E-state index contributed by atoms with van der Waals surface area (Å²) < 4.78 is 6.77. The van der Waals surface area contributed by atoms with Crippen LogP contribution in [0.3, 0.4) is 0 Å². The highest BCUT2D eigenvalue weighted by atomic mass is 35.5. The summed E-state index contributed by atoms with van der Waals surface area (Å²) in [7, 11) is 1.61. The molecule has 0 spiro atoms. The molecule has 0 radical (unpaired) electrons. The normalized spacial score (nSPS) is 10.6. The van der Waals surface area contributed by atoms with Crippen LogP contribution in [-0.4, -0.2) is 33.7 Å². The van der Waals surface area contributed by atoms with Crippen molar-refractivity contribution in [2.75, 3.05) is 23.5 Å². The SMILES string of the molecule is COc1ccc(Cn2ncc(NC(=O)c3cc(NC(=O)c4ccnc(Cl)c4)ccc3C)c2N)cc1. The van der Waals surface area contributed by atoms with E-state index in [-0.39, 0.29) is 17.0 Å². The number of hydrogen-bond donors (Lipinski definition) is 3. The third kappa shape index (κ3) is 5.59. The third-order valence-electron chi connectivity index (χ3n) is 5.35. The summed E-state index contributed by atoms with van der Waals surface area (Å²) in [5.41, 5.74) is 9.54. The Labute approximate surface area is 206 Å². The molecule has 0 aliphatic rings. The summed E-state index contributed by atoms with van der Waals surface area (Å²) in [6, 6.07) is 15.6. The molecule has 0 atom stereocenters. The molecule has 2 aromatic carbocycles. The predicted octanol–water partition coefficient (Wildman–Crippen LogP) is 4.38. The van der Waals surface area contributed by atoms with Crippen molar-refractivity contribution in [3.63, 3.8) is 0 Å². The quantitative estimate of drug-likeness (QED) is 0.330. The van der Waals surface area contributed by atoms with Crippen LogP contribution in [-0.2, 0) is 6.54 Å². The number of aromatic nitrogens is 3. The van der Waals surface area contributed by atoms with Crippen LogP contribution in [0.25, 0.3) is 0 Å². The first-order chi connectivity index (χ1) is 16.8. The summed E-state index contributed by atoms with van der Waals surface area (Å²) in [5.74, 6) is 0.342. The molecule has 178 valence electrons. The number of anilines is 3. The van der Waals surface area contributed by atoms with E-state index < -0.39 is 0 Å². The lowest BCUT2D eigenvalue weighted by atomic mass is 10.1. The first-order valence-electron chi connectivity index (χ1n) is 10.6. The Bertz CT molecular complexity index is 1380. The molecule has 2 aromatic heterocycles. The van der Waals surface area contributed by atoms with Gasteiger partial charge in [-0.1, -0.05) is 29.8 Å². The van der Waals surface area contributed by atoms with Gasteiger partial charge in [-0.05, 0) is 54.4 Å². The van der Waals surface area contributed by atoms with E-state index >= 15 is 0 Å². The van der Waals surface area contributed by atoms with Crippen LogP contribution in [0.2, 0.25) is 5.15 Å². The minimum atomic E-state index is -0.374. The van der Waals surface area contributed by atoms with Gasteiger partial charge in [0.1, 0.15) is 22.4 Å². The average molecular weight is 491 g/mol. The average Bonchev–Trinajstić information content (AvgIpc) is 3.19. The number of rotatable bonds is 7. The van der Waals surface area contributed by atoms with Crippen LogP contribution in [0.5, 0.6) is 5.75 Å². The minimum absolute atomic E-state index is 0.215. The van der Waals surface area contributed by atoms with Gasteiger partial charge in [0, 0.05) is 23.0 Å². The third-order valence-corrected chi connectivity index (χ3v) is 5.56. The van der Waals surface area contributed by atoms with E-state index in [1.807, 2.05) is 24.3 Å². The minimum Gasteiger partial charge on any atom is -0.497 e. The van der Waals surface area contributed by atoms with Crippen LogP contribution >= 0.6 is 11.6 Å². The Morgan fingerprint density at radius 2 is 1.83 bits per heavy atom. The molecule has 4 rings (SSSR count). The van der Waals surface area contributed by atoms with E-state index in [2.05, 4.69) is 20.7 Å². The second-order valence-corrected chi connectivity index (χ2v) is 8.14. The maximum absolute atomic E-state index is 13.0. The highest BCUT2D eigenvalue weighted by Gasteiger charge is 2.16. The van der Waals surface area contributed by atoms with Crippen LogP contribution in [0.1, 0.15) is 31.8 Å². The van der Waals surface area contributed by atoms with Gasteiger partial charge < -0.3 is 21.1 Å². The first-order valence-corrected chi connectivity index (χ1v) is 11.0. The first kappa shape index (κ1) is 23.8. The molecule has 0 bridgehead atoms. The topological polar surface area (TPSA) is 124 Å². The van der Waals surface area contributed by atoms with Crippen LogP contribution in [0, 0.1) is 6.92 Å². The monoisotopic (exact) mass is 490 g/mol. The molecule has 9 nitrogen and oxygen atoms in total. The molecule has 0 saturated carbocycles. The van der Waals surface area contributed by atoms with E-state index in [1.165, 1.54) is 18.5 Å². The van der Waals surface area contributed by atoms with Crippen molar-refractivity contribution in [1.82, 2.24) is 14.8 Å². The summed E-state index contributed by atoms with van der Waals surface area (Å²) in [6.07, 6.45) is 2.95. The molecule has 2 amide bonds.